The predicted molar refractivity (Wildman–Crippen MR) is 204 cm³/mol. The molecular formula is C48H27NO. The van der Waals surface area contributed by atoms with Crippen LogP contribution in [0.5, 0.6) is 5.75 Å². The van der Waals surface area contributed by atoms with Gasteiger partial charge < -0.3 is 10.0 Å². The summed E-state index contributed by atoms with van der Waals surface area (Å²) in [7, 11) is 0. The van der Waals surface area contributed by atoms with Crippen molar-refractivity contribution in [2.45, 2.75) is 44.1 Å². The monoisotopic (exact) mass is 633 g/mol. The summed E-state index contributed by atoms with van der Waals surface area (Å²) in [6.07, 6.45) is 6.53. The maximum Gasteiger partial charge on any atom is 0.115 e. The van der Waals surface area contributed by atoms with Gasteiger partial charge in [0.05, 0.1) is 0 Å². The highest BCUT2D eigenvalue weighted by Crippen LogP contribution is 2.73. The molecule has 0 radical (unpaired) electrons. The zero-order valence-corrected chi connectivity index (χ0v) is 27.4. The zero-order chi connectivity index (χ0) is 31.3. The molecule has 1 aliphatic heterocycles. The van der Waals surface area contributed by atoms with Crippen LogP contribution in [0.4, 0.5) is 5.69 Å². The molecule has 0 amide bonds. The third kappa shape index (κ3) is 1.68. The molecule has 1 heterocycles. The quantitative estimate of drug-likeness (QED) is 0.184. The molecule has 2 heteroatoms. The van der Waals surface area contributed by atoms with Crippen LogP contribution in [0, 0.1) is 23.2 Å². The van der Waals surface area contributed by atoms with Crippen molar-refractivity contribution < 1.29 is 5.11 Å². The van der Waals surface area contributed by atoms with Crippen molar-refractivity contribution in [2.75, 3.05) is 11.4 Å². The summed E-state index contributed by atoms with van der Waals surface area (Å²) in [5.74, 6) is 3.16. The zero-order valence-electron chi connectivity index (χ0n) is 27.4. The molecule has 1 saturated carbocycles. The van der Waals surface area contributed by atoms with E-state index in [1.54, 1.807) is 103 Å². The minimum absolute atomic E-state index is 0.122. The highest BCUT2D eigenvalue weighted by molar-refractivity contribution is 6.57. The van der Waals surface area contributed by atoms with Gasteiger partial charge in [-0.3, -0.25) is 0 Å². The number of nitrogens with zero attached hydrogens (tertiary/aromatic N) is 1. The largest absolute Gasteiger partial charge is 0.508 e. The van der Waals surface area contributed by atoms with E-state index in [1.807, 2.05) is 23.3 Å². The van der Waals surface area contributed by atoms with Gasteiger partial charge in [-0.15, -0.1) is 0 Å². The van der Waals surface area contributed by atoms with Crippen molar-refractivity contribution in [3.8, 4) is 5.75 Å². The second-order valence-corrected chi connectivity index (χ2v) is 18.3. The minimum atomic E-state index is 0.122. The molecule has 230 valence electrons. The Morgan fingerprint density at radius 3 is 2.24 bits per heavy atom. The number of phenols is 1. The van der Waals surface area contributed by atoms with Crippen LogP contribution in [-0.4, -0.2) is 17.7 Å². The Morgan fingerprint density at radius 1 is 0.660 bits per heavy atom. The van der Waals surface area contributed by atoms with Crippen LogP contribution in [0.1, 0.15) is 53.9 Å². The summed E-state index contributed by atoms with van der Waals surface area (Å²) in [5.41, 5.74) is 12.0. The number of anilines is 1. The summed E-state index contributed by atoms with van der Waals surface area (Å²) in [6, 6.07) is 19.0. The first-order valence-electron chi connectivity index (χ1n) is 19.2. The van der Waals surface area contributed by atoms with Gasteiger partial charge in [0.2, 0.25) is 0 Å². The molecule has 2 fully saturated rings. The molecule has 2 nitrogen and oxygen atoms in total. The molecule has 7 aliphatic carbocycles. The van der Waals surface area contributed by atoms with Gasteiger partial charge >= 0.3 is 0 Å². The normalized spacial score (nSPS) is 31.6. The van der Waals surface area contributed by atoms with E-state index in [0.717, 1.165) is 6.54 Å². The lowest BCUT2D eigenvalue weighted by Crippen LogP contribution is -2.50. The van der Waals surface area contributed by atoms with Gasteiger partial charge in [0.1, 0.15) is 5.75 Å². The standard InChI is InChI=1S/C48H27NO/c1-15-48-13-22-11-20-9-17-6-16-7-19-8-18-10-21-12-25(26(48)14-49(15)23-2-4-24(50)5-3-23)34-39-30(21)29(18)36-31(19)35-27(16)28(17)37-32(20)38-33(22)47(48)46(34)45-43(38)41(37)40(35)42(36)44(39)45/h2-9,11,15,21-22,26,30,33,50H,10,12-14H2,1H3. The van der Waals surface area contributed by atoms with E-state index in [2.05, 4.69) is 54.3 Å². The predicted octanol–water partition coefficient (Wildman–Crippen LogP) is 8.28. The fourth-order valence-electron chi connectivity index (χ4n) is 16.4. The van der Waals surface area contributed by atoms with Crippen molar-refractivity contribution in [1.29, 1.82) is 0 Å². The molecular weight excluding hydrogens is 607 g/mol. The lowest BCUT2D eigenvalue weighted by Gasteiger charge is -2.44. The minimum Gasteiger partial charge on any atom is -0.508 e. The van der Waals surface area contributed by atoms with E-state index < -0.39 is 0 Å². The molecule has 7 atom stereocenters. The second kappa shape index (κ2) is 6.02. The summed E-state index contributed by atoms with van der Waals surface area (Å²) in [5, 5.41) is 41.1. The molecule has 50 heavy (non-hydrogen) atoms. The van der Waals surface area contributed by atoms with Crippen LogP contribution in [0.2, 0.25) is 0 Å². The summed E-state index contributed by atoms with van der Waals surface area (Å²) in [4.78, 5) is 2.76. The molecule has 0 bridgehead atoms. The molecule has 10 aromatic rings. The average molecular weight is 634 g/mol. The Bertz CT molecular complexity index is 3660. The van der Waals surface area contributed by atoms with E-state index in [0.29, 0.717) is 41.4 Å². The Hall–Kier alpha value is -5.08. The van der Waals surface area contributed by atoms with Gasteiger partial charge in [0.15, 0.2) is 0 Å². The highest BCUT2D eigenvalue weighted by atomic mass is 16.3. The smallest absolute Gasteiger partial charge is 0.115 e. The van der Waals surface area contributed by atoms with Crippen LogP contribution in [-0.2, 0) is 6.42 Å². The number of fused-ring (bicyclic) bond motifs is 1. The molecule has 0 aromatic heterocycles. The van der Waals surface area contributed by atoms with Gasteiger partial charge in [-0.2, -0.15) is 0 Å². The number of hydrogen-bond donors (Lipinski definition) is 1. The molecule has 18 rings (SSSR count). The lowest BCUT2D eigenvalue weighted by molar-refractivity contribution is 0.297. The van der Waals surface area contributed by atoms with Gasteiger partial charge in [0, 0.05) is 41.4 Å². The summed E-state index contributed by atoms with van der Waals surface area (Å²) in [6.45, 7) is 3.67. The first-order chi connectivity index (χ1) is 24.6. The lowest BCUT2D eigenvalue weighted by atomic mass is 9.59. The molecule has 1 saturated heterocycles. The van der Waals surface area contributed by atoms with E-state index in [9.17, 15) is 5.11 Å². The van der Waals surface area contributed by atoms with E-state index >= 15 is 0 Å². The molecule has 7 unspecified atom stereocenters. The fourth-order valence-corrected chi connectivity index (χ4v) is 16.4. The molecule has 1 spiro atoms. The number of hydrogen-bond acceptors (Lipinski definition) is 2. The molecule has 10 aromatic carbocycles. The van der Waals surface area contributed by atoms with Gasteiger partial charge in [-0.1, -0.05) is 17.7 Å². The Labute approximate surface area is 284 Å². The number of benzene rings is 6. The first kappa shape index (κ1) is 22.6. The third-order valence-corrected chi connectivity index (χ3v) is 17.3. The van der Waals surface area contributed by atoms with Gasteiger partial charge in [-0.25, -0.2) is 0 Å². The van der Waals surface area contributed by atoms with Gasteiger partial charge in [0.25, 0.3) is 0 Å². The number of phenolic OH excluding ortho intramolecular Hbond substituents is 1. The van der Waals surface area contributed by atoms with Gasteiger partial charge in [-0.05, 0) is 210 Å². The van der Waals surface area contributed by atoms with E-state index in [4.69, 9.17) is 0 Å². The Morgan fingerprint density at radius 2 is 1.36 bits per heavy atom. The van der Waals surface area contributed by atoms with Crippen LogP contribution in [0.3, 0.4) is 0 Å². The Balaban J connectivity index is 1.19. The van der Waals surface area contributed by atoms with E-state index in [-0.39, 0.29) is 5.41 Å². The second-order valence-electron chi connectivity index (χ2n) is 18.3. The first-order valence-corrected chi connectivity index (χ1v) is 19.2. The maximum absolute atomic E-state index is 10.3. The van der Waals surface area contributed by atoms with Crippen molar-refractivity contribution in [2.24, 2.45) is 23.2 Å². The summed E-state index contributed by atoms with van der Waals surface area (Å²) < 4.78 is 0. The SMILES string of the molecule is CC1N(c2ccc(O)cc2)CC2C3=c4c5c6c7c4=C4C8c9c%10c(cc%11cc%12cc%13cc%14c(c%15c%13c%13c%12c%11c%10c(c97)c%13c6%15)C5C(C3)C%14)=CC8CC421. The number of aromatic hydroxyl groups is 1. The van der Waals surface area contributed by atoms with Crippen molar-refractivity contribution in [3.05, 3.63) is 86.4 Å². The van der Waals surface area contributed by atoms with Crippen molar-refractivity contribution in [1.82, 2.24) is 0 Å². The average Bonchev–Trinajstić information content (AvgIpc) is 3.96. The number of rotatable bonds is 1. The van der Waals surface area contributed by atoms with Crippen molar-refractivity contribution in [3.63, 3.8) is 0 Å². The van der Waals surface area contributed by atoms with Crippen LogP contribution >= 0.6 is 0 Å². The van der Waals surface area contributed by atoms with Crippen LogP contribution in [0.25, 0.3) is 103 Å². The van der Waals surface area contributed by atoms with E-state index in [1.165, 1.54) is 46.3 Å². The Kier molecular flexibility index (Phi) is 2.72. The third-order valence-electron chi connectivity index (χ3n) is 17.3. The topological polar surface area (TPSA) is 23.5 Å². The van der Waals surface area contributed by atoms with Crippen LogP contribution in [0.15, 0.2) is 48.5 Å². The highest BCUT2D eigenvalue weighted by Gasteiger charge is 2.66. The van der Waals surface area contributed by atoms with Crippen LogP contribution < -0.4 is 20.6 Å². The summed E-state index contributed by atoms with van der Waals surface area (Å²) >= 11 is 0. The maximum atomic E-state index is 10.3. The van der Waals surface area contributed by atoms with Crippen molar-refractivity contribution >= 4 is 109 Å². The molecule has 8 aliphatic rings. The molecule has 1 N–H and O–H groups in total. The fraction of sp³-hybridized carbons (Fsp3) is 0.250.